The quantitative estimate of drug-likeness (QED) is 0.177. The van der Waals surface area contributed by atoms with E-state index in [0.717, 1.165) is 12.0 Å². The van der Waals surface area contributed by atoms with E-state index in [4.69, 9.17) is 24.7 Å². The van der Waals surface area contributed by atoms with E-state index < -0.39 is 59.7 Å². The topological polar surface area (TPSA) is 179 Å². The highest BCUT2D eigenvalue weighted by Crippen LogP contribution is 2.30. The lowest BCUT2D eigenvalue weighted by Crippen LogP contribution is -2.69. The maximum Gasteiger partial charge on any atom is 0.328 e. The monoisotopic (exact) mass is 731 g/mol. The van der Waals surface area contributed by atoms with Gasteiger partial charge in [0.2, 0.25) is 23.6 Å². The maximum absolute atomic E-state index is 14.1. The zero-order valence-electron chi connectivity index (χ0n) is 32.4. The van der Waals surface area contributed by atoms with Crippen LogP contribution in [0.2, 0.25) is 0 Å². The van der Waals surface area contributed by atoms with Crippen LogP contribution in [0.1, 0.15) is 65.9 Å². The van der Waals surface area contributed by atoms with Crippen molar-refractivity contribution >= 4 is 29.6 Å². The molecule has 14 nitrogen and oxygen atoms in total. The van der Waals surface area contributed by atoms with E-state index in [9.17, 15) is 24.0 Å². The number of methoxy groups -OCH3 is 3. The first-order valence-corrected chi connectivity index (χ1v) is 18.3. The molecule has 2 heterocycles. The highest BCUT2D eigenvalue weighted by molar-refractivity contribution is 5.93. The molecule has 3 rings (SSSR count). The number of hydrogen-bond donors (Lipinski definition) is 3. The van der Waals surface area contributed by atoms with E-state index in [1.807, 2.05) is 58.0 Å². The molecular formula is C38H61N5O9. The van der Waals surface area contributed by atoms with Crippen LogP contribution in [0.15, 0.2) is 30.3 Å². The van der Waals surface area contributed by atoms with Crippen molar-refractivity contribution in [1.29, 1.82) is 0 Å². The first-order valence-electron chi connectivity index (χ1n) is 18.3. The highest BCUT2D eigenvalue weighted by Gasteiger charge is 2.46. The zero-order chi connectivity index (χ0) is 38.7. The Hall–Kier alpha value is -3.59. The number of nitrogens with one attached hydrogen (secondary N) is 2. The standard InChI is InChI=1S/C38H61N5O9/c1-10-24(4)32(42(6)35(46)31(23(2)3)41-37(48)38(39)21-52-22-38)29(49-7)20-30(44)43-18-14-17-28(43)33(50-8)25(5)34(45)40-27(36(47)51-9)19-26-15-12-11-13-16-26/h11-13,15-16,23-25,27-29,31-33H,10,14,17-22,39H2,1-9H3,(H,40,45)(H,41,48). The number of rotatable bonds is 19. The average molecular weight is 732 g/mol. The summed E-state index contributed by atoms with van der Waals surface area (Å²) in [4.78, 5) is 70.8. The molecule has 0 saturated carbocycles. The molecule has 0 spiro atoms. The summed E-state index contributed by atoms with van der Waals surface area (Å²) < 4.78 is 22.0. The van der Waals surface area contributed by atoms with Crippen LogP contribution in [0.5, 0.6) is 0 Å². The van der Waals surface area contributed by atoms with E-state index in [2.05, 4.69) is 10.6 Å². The Morgan fingerprint density at radius 3 is 2.19 bits per heavy atom. The molecule has 2 fully saturated rings. The van der Waals surface area contributed by atoms with Gasteiger partial charge in [0.1, 0.15) is 17.6 Å². The predicted octanol–water partition coefficient (Wildman–Crippen LogP) is 1.68. The van der Waals surface area contributed by atoms with Crippen molar-refractivity contribution in [2.75, 3.05) is 48.1 Å². The zero-order valence-corrected chi connectivity index (χ0v) is 32.4. The number of amides is 4. The highest BCUT2D eigenvalue weighted by atomic mass is 16.5. The van der Waals surface area contributed by atoms with Crippen LogP contribution < -0.4 is 16.4 Å². The predicted molar refractivity (Wildman–Crippen MR) is 195 cm³/mol. The van der Waals surface area contributed by atoms with Gasteiger partial charge in [0.15, 0.2) is 0 Å². The second-order valence-corrected chi connectivity index (χ2v) is 14.7. The van der Waals surface area contributed by atoms with Gasteiger partial charge in [-0.3, -0.25) is 19.2 Å². The molecule has 4 N–H and O–H groups in total. The molecule has 2 aliphatic rings. The fourth-order valence-corrected chi connectivity index (χ4v) is 7.27. The molecule has 1 aromatic rings. The number of esters is 1. The number of hydrogen-bond acceptors (Lipinski definition) is 10. The van der Waals surface area contributed by atoms with E-state index in [-0.39, 0.29) is 55.6 Å². The summed E-state index contributed by atoms with van der Waals surface area (Å²) in [5.41, 5.74) is 5.86. The molecule has 52 heavy (non-hydrogen) atoms. The normalized spacial score (nSPS) is 20.8. The number of likely N-dealkylation sites (tertiary alicyclic amines) is 1. The lowest BCUT2D eigenvalue weighted by Gasteiger charge is -2.42. The molecule has 0 bridgehead atoms. The van der Waals surface area contributed by atoms with Crippen LogP contribution in [0.3, 0.4) is 0 Å². The van der Waals surface area contributed by atoms with Crippen LogP contribution in [-0.4, -0.2) is 129 Å². The van der Waals surface area contributed by atoms with E-state index in [1.54, 1.807) is 23.8 Å². The molecular weight excluding hydrogens is 670 g/mol. The van der Waals surface area contributed by atoms with E-state index >= 15 is 0 Å². The molecule has 4 amide bonds. The van der Waals surface area contributed by atoms with Crippen molar-refractivity contribution in [3.8, 4) is 0 Å². The van der Waals surface area contributed by atoms with Gasteiger partial charge in [-0.25, -0.2) is 4.79 Å². The van der Waals surface area contributed by atoms with Crippen LogP contribution in [-0.2, 0) is 49.3 Å². The molecule has 2 saturated heterocycles. The Kier molecular flexibility index (Phi) is 16.0. The number of benzene rings is 1. The first kappa shape index (κ1) is 42.8. The van der Waals surface area contributed by atoms with Crippen molar-refractivity contribution in [1.82, 2.24) is 20.4 Å². The summed E-state index contributed by atoms with van der Waals surface area (Å²) in [6.07, 6.45) is 0.984. The smallest absolute Gasteiger partial charge is 0.328 e. The average Bonchev–Trinajstić information content (AvgIpc) is 3.61. The summed E-state index contributed by atoms with van der Waals surface area (Å²) in [7, 11) is 6.01. The van der Waals surface area contributed by atoms with Gasteiger partial charge in [-0.2, -0.15) is 0 Å². The molecule has 292 valence electrons. The number of nitrogens with zero attached hydrogens (tertiary/aromatic N) is 2. The Morgan fingerprint density at radius 1 is 1.02 bits per heavy atom. The van der Waals surface area contributed by atoms with Gasteiger partial charge in [-0.05, 0) is 30.2 Å². The summed E-state index contributed by atoms with van der Waals surface area (Å²) >= 11 is 0. The van der Waals surface area contributed by atoms with Crippen molar-refractivity contribution in [3.05, 3.63) is 35.9 Å². The molecule has 0 radical (unpaired) electrons. The van der Waals surface area contributed by atoms with Gasteiger partial charge in [0.05, 0.1) is 57.0 Å². The lowest BCUT2D eigenvalue weighted by molar-refractivity contribution is -0.151. The molecule has 1 aromatic carbocycles. The third kappa shape index (κ3) is 10.3. The summed E-state index contributed by atoms with van der Waals surface area (Å²) in [6.45, 7) is 10.1. The minimum Gasteiger partial charge on any atom is -0.467 e. The van der Waals surface area contributed by atoms with Crippen LogP contribution >= 0.6 is 0 Å². The van der Waals surface area contributed by atoms with E-state index in [1.165, 1.54) is 21.3 Å². The van der Waals surface area contributed by atoms with Crippen molar-refractivity contribution < 1.29 is 42.9 Å². The Labute approximate surface area is 308 Å². The minimum atomic E-state index is -1.17. The summed E-state index contributed by atoms with van der Waals surface area (Å²) in [6, 6.07) is 6.72. The molecule has 8 unspecified atom stereocenters. The molecule has 14 heteroatoms. The maximum atomic E-state index is 14.1. The van der Waals surface area contributed by atoms with Crippen molar-refractivity contribution in [2.45, 2.75) is 109 Å². The van der Waals surface area contributed by atoms with Crippen molar-refractivity contribution in [2.24, 2.45) is 23.5 Å². The van der Waals surface area contributed by atoms with Crippen LogP contribution in [0.25, 0.3) is 0 Å². The molecule has 2 aliphatic heterocycles. The van der Waals surface area contributed by atoms with Gasteiger partial charge >= 0.3 is 5.97 Å². The van der Waals surface area contributed by atoms with Crippen LogP contribution in [0, 0.1) is 17.8 Å². The number of likely N-dealkylation sites (N-methyl/N-ethyl adjacent to an activating group) is 1. The Morgan fingerprint density at radius 2 is 1.67 bits per heavy atom. The molecule has 0 aliphatic carbocycles. The van der Waals surface area contributed by atoms with E-state index in [0.29, 0.717) is 19.4 Å². The fourth-order valence-electron chi connectivity index (χ4n) is 7.27. The van der Waals surface area contributed by atoms with Gasteiger partial charge in [0, 0.05) is 34.2 Å². The number of carbonyl (C=O) groups excluding carboxylic acids is 5. The Bertz CT molecular complexity index is 1360. The van der Waals surface area contributed by atoms with Gasteiger partial charge in [0.25, 0.3) is 0 Å². The molecule has 0 aromatic heterocycles. The fraction of sp³-hybridized carbons (Fsp3) is 0.711. The number of carbonyl (C=O) groups is 5. The second-order valence-electron chi connectivity index (χ2n) is 14.7. The Balaban J connectivity index is 1.76. The van der Waals surface area contributed by atoms with Gasteiger partial charge < -0.3 is 45.1 Å². The lowest BCUT2D eigenvalue weighted by atomic mass is 9.89. The summed E-state index contributed by atoms with van der Waals surface area (Å²) in [5.74, 6) is -2.86. The third-order valence-electron chi connectivity index (χ3n) is 10.7. The van der Waals surface area contributed by atoms with Gasteiger partial charge in [-0.1, -0.05) is 71.4 Å². The molecule has 8 atom stereocenters. The SMILES string of the molecule is CCC(C)C(C(CC(=O)N1CCCC1C(OC)C(C)C(=O)NC(Cc1ccccc1)C(=O)OC)OC)N(C)C(=O)C(NC(=O)C1(N)COC1)C(C)C. The first-order chi connectivity index (χ1) is 24.6. The second kappa shape index (κ2) is 19.5. The number of nitrogens with two attached hydrogens (primary N) is 1. The largest absolute Gasteiger partial charge is 0.467 e. The van der Waals surface area contributed by atoms with Gasteiger partial charge in [-0.15, -0.1) is 0 Å². The van der Waals surface area contributed by atoms with Crippen molar-refractivity contribution in [3.63, 3.8) is 0 Å². The summed E-state index contributed by atoms with van der Waals surface area (Å²) in [5, 5.41) is 5.69. The number of ether oxygens (including phenoxy) is 4. The van der Waals surface area contributed by atoms with Crippen LogP contribution in [0.4, 0.5) is 0 Å². The third-order valence-corrected chi connectivity index (χ3v) is 10.7. The minimum absolute atomic E-state index is 0.0138.